The lowest BCUT2D eigenvalue weighted by molar-refractivity contribution is -0.0311. The van der Waals surface area contributed by atoms with Crippen molar-refractivity contribution in [3.05, 3.63) is 23.8 Å². The Morgan fingerprint density at radius 2 is 2.11 bits per heavy atom. The van der Waals surface area contributed by atoms with Gasteiger partial charge < -0.3 is 19.9 Å². The fraction of sp³-hybridized carbons (Fsp3) is 0.692. The first-order valence-electron chi connectivity index (χ1n) is 6.38. The van der Waals surface area contributed by atoms with Gasteiger partial charge in [-0.05, 0) is 13.8 Å². The molecule has 2 N–H and O–H groups in total. The number of aromatic nitrogens is 2. The van der Waals surface area contributed by atoms with Crippen molar-refractivity contribution in [2.75, 3.05) is 26.9 Å². The molecular weight excluding hydrogens is 246 g/mol. The van der Waals surface area contributed by atoms with Crippen LogP contribution in [0.25, 0.3) is 0 Å². The van der Waals surface area contributed by atoms with Crippen LogP contribution >= 0.6 is 0 Å². The number of ether oxygens (including phenoxy) is 2. The lowest BCUT2D eigenvalue weighted by Crippen LogP contribution is -2.32. The largest absolute Gasteiger partial charge is 0.389 e. The van der Waals surface area contributed by atoms with Gasteiger partial charge in [0, 0.05) is 32.6 Å². The molecule has 2 unspecified atom stereocenters. The predicted molar refractivity (Wildman–Crippen MR) is 71.8 cm³/mol. The number of hydrogen-bond acceptors (Lipinski definition) is 6. The molecule has 0 radical (unpaired) electrons. The monoisotopic (exact) mass is 269 g/mol. The quantitative estimate of drug-likeness (QED) is 0.671. The Kier molecular flexibility index (Phi) is 7.50. The van der Waals surface area contributed by atoms with E-state index >= 15 is 0 Å². The van der Waals surface area contributed by atoms with Gasteiger partial charge in [-0.2, -0.15) is 0 Å². The highest BCUT2D eigenvalue weighted by Gasteiger charge is 2.07. The Balaban J connectivity index is 2.13. The minimum atomic E-state index is -0.544. The van der Waals surface area contributed by atoms with Crippen molar-refractivity contribution in [1.82, 2.24) is 15.3 Å². The summed E-state index contributed by atoms with van der Waals surface area (Å²) in [5.74, 6) is 0. The molecule has 0 saturated carbocycles. The van der Waals surface area contributed by atoms with E-state index in [1.165, 1.54) is 0 Å². The van der Waals surface area contributed by atoms with Crippen LogP contribution in [0.1, 0.15) is 18.3 Å². The zero-order valence-electron chi connectivity index (χ0n) is 11.8. The zero-order valence-corrected chi connectivity index (χ0v) is 11.8. The maximum absolute atomic E-state index is 9.72. The molecule has 6 heteroatoms. The van der Waals surface area contributed by atoms with Crippen LogP contribution in [0.3, 0.4) is 0 Å². The molecule has 0 spiro atoms. The van der Waals surface area contributed by atoms with Crippen molar-refractivity contribution in [3.63, 3.8) is 0 Å². The van der Waals surface area contributed by atoms with E-state index in [0.717, 1.165) is 11.4 Å². The topological polar surface area (TPSA) is 76.5 Å². The van der Waals surface area contributed by atoms with E-state index in [0.29, 0.717) is 19.7 Å². The van der Waals surface area contributed by atoms with Gasteiger partial charge >= 0.3 is 0 Å². The van der Waals surface area contributed by atoms with Gasteiger partial charge in [-0.15, -0.1) is 0 Å². The summed E-state index contributed by atoms with van der Waals surface area (Å²) < 4.78 is 10.4. The molecule has 2 atom stereocenters. The number of methoxy groups -OCH3 is 1. The standard InChI is InChI=1S/C13H23N3O3/c1-10-4-16-12(6-15-10)5-14-7-13(17)9-19-11(2)8-18-3/h4,6,11,13-14,17H,5,7-9H2,1-3H3. The SMILES string of the molecule is COCC(C)OCC(O)CNCc1cnc(C)cn1. The minimum absolute atomic E-state index is 0.0115. The Labute approximate surface area is 114 Å². The van der Waals surface area contributed by atoms with Crippen LogP contribution < -0.4 is 5.32 Å². The van der Waals surface area contributed by atoms with Crippen LogP contribution in [0, 0.1) is 6.92 Å². The summed E-state index contributed by atoms with van der Waals surface area (Å²) in [5.41, 5.74) is 1.75. The maximum Gasteiger partial charge on any atom is 0.0897 e. The lowest BCUT2D eigenvalue weighted by Gasteiger charge is -2.16. The summed E-state index contributed by atoms with van der Waals surface area (Å²) >= 11 is 0. The minimum Gasteiger partial charge on any atom is -0.389 e. The van der Waals surface area contributed by atoms with Gasteiger partial charge in [-0.25, -0.2) is 0 Å². The first kappa shape index (κ1) is 16.0. The third-order valence-corrected chi connectivity index (χ3v) is 2.49. The molecule has 0 aliphatic carbocycles. The Morgan fingerprint density at radius 3 is 2.74 bits per heavy atom. The van der Waals surface area contributed by atoms with Crippen molar-refractivity contribution in [3.8, 4) is 0 Å². The third kappa shape index (κ3) is 7.17. The normalized spacial score (nSPS) is 14.3. The summed E-state index contributed by atoms with van der Waals surface area (Å²) in [5, 5.41) is 12.8. The molecule has 0 aliphatic rings. The van der Waals surface area contributed by atoms with E-state index in [-0.39, 0.29) is 12.7 Å². The lowest BCUT2D eigenvalue weighted by atomic mass is 10.3. The highest BCUT2D eigenvalue weighted by Crippen LogP contribution is 1.95. The van der Waals surface area contributed by atoms with Crippen LogP contribution in [-0.4, -0.2) is 54.2 Å². The molecule has 0 saturated heterocycles. The molecule has 0 fully saturated rings. The number of aryl methyl sites for hydroxylation is 1. The van der Waals surface area contributed by atoms with Crippen LogP contribution in [0.2, 0.25) is 0 Å². The molecule has 1 rings (SSSR count). The average molecular weight is 269 g/mol. The summed E-state index contributed by atoms with van der Waals surface area (Å²) in [6, 6.07) is 0. The fourth-order valence-electron chi connectivity index (χ4n) is 1.49. The van der Waals surface area contributed by atoms with Gasteiger partial charge in [0.15, 0.2) is 0 Å². The Morgan fingerprint density at radius 1 is 1.32 bits per heavy atom. The van der Waals surface area contributed by atoms with Gasteiger partial charge in [0.25, 0.3) is 0 Å². The van der Waals surface area contributed by atoms with Gasteiger partial charge in [0.1, 0.15) is 0 Å². The van der Waals surface area contributed by atoms with Gasteiger partial charge in [-0.3, -0.25) is 9.97 Å². The van der Waals surface area contributed by atoms with Crippen LogP contribution in [0.15, 0.2) is 12.4 Å². The average Bonchev–Trinajstić information content (AvgIpc) is 2.39. The van der Waals surface area contributed by atoms with E-state index < -0.39 is 6.10 Å². The number of nitrogens with zero attached hydrogens (tertiary/aromatic N) is 2. The van der Waals surface area contributed by atoms with Crippen molar-refractivity contribution in [2.24, 2.45) is 0 Å². The highest BCUT2D eigenvalue weighted by atomic mass is 16.5. The van der Waals surface area contributed by atoms with Gasteiger partial charge in [0.2, 0.25) is 0 Å². The molecular formula is C13H23N3O3. The number of aliphatic hydroxyl groups is 1. The molecule has 1 heterocycles. The van der Waals surface area contributed by atoms with Crippen LogP contribution in [0.5, 0.6) is 0 Å². The highest BCUT2D eigenvalue weighted by molar-refractivity contribution is 5.00. The first-order valence-corrected chi connectivity index (χ1v) is 6.38. The number of hydrogen-bond donors (Lipinski definition) is 2. The van der Waals surface area contributed by atoms with Crippen molar-refractivity contribution in [2.45, 2.75) is 32.6 Å². The van der Waals surface area contributed by atoms with Crippen LogP contribution in [-0.2, 0) is 16.0 Å². The Hall–Kier alpha value is -1.08. The van der Waals surface area contributed by atoms with Crippen molar-refractivity contribution < 1.29 is 14.6 Å². The van der Waals surface area contributed by atoms with E-state index in [2.05, 4.69) is 15.3 Å². The smallest absolute Gasteiger partial charge is 0.0897 e. The molecule has 0 bridgehead atoms. The van der Waals surface area contributed by atoms with Gasteiger partial charge in [-0.1, -0.05) is 0 Å². The van der Waals surface area contributed by atoms with Crippen molar-refractivity contribution in [1.29, 1.82) is 0 Å². The van der Waals surface area contributed by atoms with Crippen LogP contribution in [0.4, 0.5) is 0 Å². The molecule has 0 amide bonds. The molecule has 1 aromatic rings. The summed E-state index contributed by atoms with van der Waals surface area (Å²) in [6.45, 7) is 5.65. The fourth-order valence-corrected chi connectivity index (χ4v) is 1.49. The summed E-state index contributed by atoms with van der Waals surface area (Å²) in [7, 11) is 1.63. The zero-order chi connectivity index (χ0) is 14.1. The van der Waals surface area contributed by atoms with Crippen molar-refractivity contribution >= 4 is 0 Å². The van der Waals surface area contributed by atoms with E-state index in [4.69, 9.17) is 9.47 Å². The van der Waals surface area contributed by atoms with E-state index in [1.807, 2.05) is 13.8 Å². The molecule has 1 aromatic heterocycles. The maximum atomic E-state index is 9.72. The molecule has 0 aliphatic heterocycles. The first-order chi connectivity index (χ1) is 9.11. The Bertz CT molecular complexity index is 345. The number of nitrogens with one attached hydrogen (secondary N) is 1. The molecule has 19 heavy (non-hydrogen) atoms. The second-order valence-electron chi connectivity index (χ2n) is 4.53. The second kappa shape index (κ2) is 8.92. The second-order valence-corrected chi connectivity index (χ2v) is 4.53. The van der Waals surface area contributed by atoms with E-state index in [9.17, 15) is 5.11 Å². The molecule has 0 aromatic carbocycles. The number of aliphatic hydroxyl groups excluding tert-OH is 1. The van der Waals surface area contributed by atoms with E-state index in [1.54, 1.807) is 19.5 Å². The molecule has 6 nitrogen and oxygen atoms in total. The summed E-state index contributed by atoms with van der Waals surface area (Å²) in [4.78, 5) is 8.37. The number of rotatable bonds is 9. The predicted octanol–water partition coefficient (Wildman–Crippen LogP) is 0.287. The van der Waals surface area contributed by atoms with Gasteiger partial charge in [0.05, 0.1) is 36.8 Å². The molecule has 108 valence electrons. The third-order valence-electron chi connectivity index (χ3n) is 2.49. The summed E-state index contributed by atoms with van der Waals surface area (Å²) in [6.07, 6.45) is 2.90.